The van der Waals surface area contributed by atoms with Crippen LogP contribution in [0, 0.1) is 11.8 Å². The molecule has 0 heterocycles. The molecule has 0 fully saturated rings. The fourth-order valence-electron chi connectivity index (χ4n) is 1.19. The molecule has 68 valence electrons. The second-order valence-electron chi connectivity index (χ2n) is 3.97. The Labute approximate surface area is 97.9 Å². The maximum Gasteiger partial charge on any atom is 1.00 e. The van der Waals surface area contributed by atoms with Crippen LogP contribution in [-0.2, 0) is 4.57 Å². The fourth-order valence-corrected chi connectivity index (χ4v) is 3.56. The van der Waals surface area contributed by atoms with Crippen LogP contribution >= 0.6 is 7.37 Å². The van der Waals surface area contributed by atoms with E-state index >= 15 is 0 Å². The summed E-state index contributed by atoms with van der Waals surface area (Å²) >= 11 is 0. The van der Waals surface area contributed by atoms with Crippen molar-refractivity contribution in [3.63, 3.8) is 0 Å². The van der Waals surface area contributed by atoms with Gasteiger partial charge in [-0.1, -0.05) is 27.7 Å². The van der Waals surface area contributed by atoms with Crippen LogP contribution in [0.1, 0.15) is 27.7 Å². The molecule has 12 heavy (non-hydrogen) atoms. The molecular formula is C8H18NaO2P. The van der Waals surface area contributed by atoms with Crippen LogP contribution in [0.25, 0.3) is 0 Å². The standard InChI is InChI=1S/C8H19O2P.Na/c1-7(2)5-11(9,10)6-8(3)4;/h7-8H,5-6H2,1-4H3,(H,9,10);/q;+1/p-1. The summed E-state index contributed by atoms with van der Waals surface area (Å²) in [4.78, 5) is 11.3. The molecule has 0 amide bonds. The average molecular weight is 200 g/mol. The van der Waals surface area contributed by atoms with Crippen LogP contribution in [0.4, 0.5) is 0 Å². The van der Waals surface area contributed by atoms with Crippen LogP contribution in [-0.4, -0.2) is 12.3 Å². The van der Waals surface area contributed by atoms with E-state index in [2.05, 4.69) is 0 Å². The Balaban J connectivity index is 0. The van der Waals surface area contributed by atoms with Crippen molar-refractivity contribution in [3.8, 4) is 0 Å². The first-order valence-electron chi connectivity index (χ1n) is 4.12. The van der Waals surface area contributed by atoms with Gasteiger partial charge in [0.2, 0.25) is 0 Å². The summed E-state index contributed by atoms with van der Waals surface area (Å²) in [7, 11) is -3.05. The monoisotopic (exact) mass is 200 g/mol. The van der Waals surface area contributed by atoms with E-state index in [0.717, 1.165) is 0 Å². The molecular weight excluding hydrogens is 182 g/mol. The van der Waals surface area contributed by atoms with Crippen LogP contribution in [0.15, 0.2) is 0 Å². The van der Waals surface area contributed by atoms with Crippen molar-refractivity contribution < 1.29 is 39.0 Å². The van der Waals surface area contributed by atoms with Gasteiger partial charge in [-0.15, -0.1) is 0 Å². The Kier molecular flexibility index (Phi) is 8.63. The minimum absolute atomic E-state index is 0. The van der Waals surface area contributed by atoms with Gasteiger partial charge in [-0.2, -0.15) is 0 Å². The minimum atomic E-state index is -3.05. The van der Waals surface area contributed by atoms with E-state index in [0.29, 0.717) is 12.3 Å². The van der Waals surface area contributed by atoms with Crippen molar-refractivity contribution in [2.45, 2.75) is 27.7 Å². The molecule has 0 saturated heterocycles. The van der Waals surface area contributed by atoms with Gasteiger partial charge in [0.25, 0.3) is 0 Å². The molecule has 0 aromatic carbocycles. The third-order valence-corrected chi connectivity index (χ3v) is 3.86. The number of hydrogen-bond donors (Lipinski definition) is 0. The van der Waals surface area contributed by atoms with Crippen molar-refractivity contribution >= 4 is 7.37 Å². The summed E-state index contributed by atoms with van der Waals surface area (Å²) in [6.45, 7) is 7.74. The zero-order valence-electron chi connectivity index (χ0n) is 8.83. The van der Waals surface area contributed by atoms with Gasteiger partial charge in [0.15, 0.2) is 0 Å². The molecule has 0 rings (SSSR count). The first-order valence-corrected chi connectivity index (χ1v) is 6.12. The Morgan fingerprint density at radius 3 is 1.50 bits per heavy atom. The van der Waals surface area contributed by atoms with E-state index < -0.39 is 7.37 Å². The molecule has 0 unspecified atom stereocenters. The van der Waals surface area contributed by atoms with Crippen molar-refractivity contribution in [1.82, 2.24) is 0 Å². The molecule has 0 aliphatic heterocycles. The zero-order valence-corrected chi connectivity index (χ0v) is 11.7. The minimum Gasteiger partial charge on any atom is -0.799 e. The van der Waals surface area contributed by atoms with E-state index in [1.165, 1.54) is 0 Å². The van der Waals surface area contributed by atoms with E-state index in [9.17, 15) is 9.46 Å². The zero-order chi connectivity index (χ0) is 9.07. The van der Waals surface area contributed by atoms with Crippen LogP contribution < -0.4 is 34.5 Å². The van der Waals surface area contributed by atoms with Gasteiger partial charge < -0.3 is 9.46 Å². The smallest absolute Gasteiger partial charge is 0.799 e. The second kappa shape index (κ2) is 6.62. The predicted molar refractivity (Wildman–Crippen MR) is 47.0 cm³/mol. The summed E-state index contributed by atoms with van der Waals surface area (Å²) in [5, 5.41) is 0. The van der Waals surface area contributed by atoms with Gasteiger partial charge in [0.1, 0.15) is 0 Å². The van der Waals surface area contributed by atoms with E-state index in [1.54, 1.807) is 0 Å². The van der Waals surface area contributed by atoms with Gasteiger partial charge in [0.05, 0.1) is 0 Å². The summed E-state index contributed by atoms with van der Waals surface area (Å²) in [6, 6.07) is 0. The molecule has 0 atom stereocenters. The van der Waals surface area contributed by atoms with Crippen LogP contribution in [0.3, 0.4) is 0 Å². The third kappa shape index (κ3) is 9.28. The largest absolute Gasteiger partial charge is 1.00 e. The van der Waals surface area contributed by atoms with E-state index in [1.807, 2.05) is 27.7 Å². The molecule has 2 nitrogen and oxygen atoms in total. The molecule has 4 heteroatoms. The molecule has 0 aromatic rings. The van der Waals surface area contributed by atoms with Gasteiger partial charge >= 0.3 is 29.6 Å². The van der Waals surface area contributed by atoms with Crippen LogP contribution in [0.2, 0.25) is 0 Å². The molecule has 0 spiro atoms. The molecule has 0 N–H and O–H groups in total. The maximum absolute atomic E-state index is 11.3. The van der Waals surface area contributed by atoms with Crippen molar-refractivity contribution in [2.75, 3.05) is 12.3 Å². The Morgan fingerprint density at radius 2 is 1.33 bits per heavy atom. The van der Waals surface area contributed by atoms with E-state index in [-0.39, 0.29) is 41.4 Å². The van der Waals surface area contributed by atoms with Crippen molar-refractivity contribution in [2.24, 2.45) is 11.8 Å². The third-order valence-electron chi connectivity index (χ3n) is 1.29. The summed E-state index contributed by atoms with van der Waals surface area (Å²) in [5.74, 6) is 0.522. The quantitative estimate of drug-likeness (QED) is 0.429. The van der Waals surface area contributed by atoms with Gasteiger partial charge in [-0.25, -0.2) is 0 Å². The molecule has 0 aliphatic carbocycles. The Bertz CT molecular complexity index is 143. The summed E-state index contributed by atoms with van der Waals surface area (Å²) in [5.41, 5.74) is 0. The summed E-state index contributed by atoms with van der Waals surface area (Å²) < 4.78 is 11.3. The summed E-state index contributed by atoms with van der Waals surface area (Å²) in [6.07, 6.45) is 0.705. The molecule has 0 radical (unpaired) electrons. The number of hydrogen-bond acceptors (Lipinski definition) is 2. The first-order chi connectivity index (χ1) is 4.83. The van der Waals surface area contributed by atoms with Crippen molar-refractivity contribution in [3.05, 3.63) is 0 Å². The topological polar surface area (TPSA) is 40.1 Å². The van der Waals surface area contributed by atoms with Gasteiger partial charge in [-0.3, -0.25) is 0 Å². The van der Waals surface area contributed by atoms with Gasteiger partial charge in [-0.05, 0) is 24.2 Å². The Hall–Kier alpha value is 1.19. The Morgan fingerprint density at radius 1 is 1.08 bits per heavy atom. The van der Waals surface area contributed by atoms with Crippen molar-refractivity contribution in [1.29, 1.82) is 0 Å². The van der Waals surface area contributed by atoms with Gasteiger partial charge in [0, 0.05) is 7.37 Å². The molecule has 0 bridgehead atoms. The fraction of sp³-hybridized carbons (Fsp3) is 1.00. The molecule has 0 saturated carbocycles. The van der Waals surface area contributed by atoms with E-state index in [4.69, 9.17) is 0 Å². The number of rotatable bonds is 4. The first kappa shape index (κ1) is 15.7. The molecule has 0 aliphatic rings. The molecule has 0 aromatic heterocycles. The average Bonchev–Trinajstić information content (AvgIpc) is 1.53. The van der Waals surface area contributed by atoms with Crippen LogP contribution in [0.5, 0.6) is 0 Å². The maximum atomic E-state index is 11.3. The predicted octanol–water partition coefficient (Wildman–Crippen LogP) is -1.06. The normalized spacial score (nSPS) is 11.9. The SMILES string of the molecule is CC(C)CP(=O)([O-])CC(C)C.[Na+]. The second-order valence-corrected chi connectivity index (χ2v) is 6.33.